The van der Waals surface area contributed by atoms with Crippen LogP contribution in [0, 0.1) is 16.0 Å². The van der Waals surface area contributed by atoms with Gasteiger partial charge >= 0.3 is 0 Å². The lowest BCUT2D eigenvalue weighted by molar-refractivity contribution is -0.384. The topological polar surface area (TPSA) is 103 Å². The zero-order valence-corrected chi connectivity index (χ0v) is 17.6. The molecule has 0 aliphatic carbocycles. The number of nitro groups is 1. The molecule has 0 spiro atoms. The fourth-order valence-corrected chi connectivity index (χ4v) is 3.76. The molecular weight excluding hydrogens is 402 g/mol. The predicted molar refractivity (Wildman–Crippen MR) is 115 cm³/mol. The van der Waals surface area contributed by atoms with Crippen LogP contribution in [-0.2, 0) is 17.1 Å². The number of hydrogen-bond donors (Lipinski definition) is 1. The number of nitro benzene ring substituents is 1. The van der Waals surface area contributed by atoms with Crippen LogP contribution in [0.4, 0.5) is 5.69 Å². The summed E-state index contributed by atoms with van der Waals surface area (Å²) >= 11 is 1.51. The number of benzene rings is 2. The Morgan fingerprint density at radius 2 is 1.83 bits per heavy atom. The van der Waals surface area contributed by atoms with Crippen LogP contribution in [0.15, 0.2) is 59.8 Å². The third-order valence-electron chi connectivity index (χ3n) is 4.27. The van der Waals surface area contributed by atoms with E-state index in [9.17, 15) is 14.9 Å². The second-order valence-corrected chi connectivity index (χ2v) is 8.10. The summed E-state index contributed by atoms with van der Waals surface area (Å²) in [7, 11) is 0. The lowest BCUT2D eigenvalue weighted by Gasteiger charge is -2.11. The quantitative estimate of drug-likeness (QED) is 0.314. The van der Waals surface area contributed by atoms with Gasteiger partial charge in [-0.25, -0.2) is 0 Å². The van der Waals surface area contributed by atoms with Crippen LogP contribution in [0.5, 0.6) is 0 Å². The van der Waals surface area contributed by atoms with Crippen molar-refractivity contribution in [2.75, 3.05) is 0 Å². The van der Waals surface area contributed by atoms with Gasteiger partial charge in [0.15, 0.2) is 11.0 Å². The lowest BCUT2D eigenvalue weighted by atomic mass is 10.1. The minimum absolute atomic E-state index is 0.0112. The molecule has 1 aromatic heterocycles. The molecule has 0 aliphatic heterocycles. The predicted octanol–water partition coefficient (Wildman–Crippen LogP) is 4.13. The van der Waals surface area contributed by atoms with E-state index < -0.39 is 4.92 Å². The van der Waals surface area contributed by atoms with Gasteiger partial charge in [-0.15, -0.1) is 10.2 Å². The molecule has 0 saturated heterocycles. The molecule has 3 rings (SSSR count). The number of nitrogens with zero attached hydrogens (tertiary/aromatic N) is 4. The molecule has 1 amide bonds. The molecule has 9 heteroatoms. The number of hydrogen-bond acceptors (Lipinski definition) is 6. The number of thioether (sulfide) groups is 1. The molecule has 0 bridgehead atoms. The molecule has 0 radical (unpaired) electrons. The summed E-state index contributed by atoms with van der Waals surface area (Å²) in [4.78, 5) is 22.6. The van der Waals surface area contributed by atoms with Crippen molar-refractivity contribution in [2.24, 2.45) is 5.92 Å². The molecule has 0 atom stereocenters. The van der Waals surface area contributed by atoms with Gasteiger partial charge in [-0.1, -0.05) is 55.9 Å². The Labute approximate surface area is 178 Å². The second-order valence-electron chi connectivity index (χ2n) is 7.16. The summed E-state index contributed by atoms with van der Waals surface area (Å²) in [5.74, 6) is 1.47. The Morgan fingerprint density at radius 1 is 1.13 bits per heavy atom. The van der Waals surface area contributed by atoms with Crippen molar-refractivity contribution in [3.8, 4) is 5.69 Å². The summed E-state index contributed by atoms with van der Waals surface area (Å²) in [6, 6.07) is 16.2. The van der Waals surface area contributed by atoms with Gasteiger partial charge in [0, 0.05) is 30.0 Å². The summed E-state index contributed by atoms with van der Waals surface area (Å²) in [5.41, 5.74) is 1.86. The molecule has 0 aliphatic rings. The maximum Gasteiger partial charge on any atom is 0.269 e. The van der Waals surface area contributed by atoms with Crippen LogP contribution in [0.3, 0.4) is 0 Å². The molecule has 156 valence electrons. The fraction of sp³-hybridized carbons (Fsp3) is 0.286. The van der Waals surface area contributed by atoms with Crippen molar-refractivity contribution >= 4 is 23.4 Å². The summed E-state index contributed by atoms with van der Waals surface area (Å²) in [5, 5.41) is 23.1. The molecule has 0 unspecified atom stereocenters. The third kappa shape index (κ3) is 5.66. The van der Waals surface area contributed by atoms with Crippen LogP contribution >= 0.6 is 11.8 Å². The molecule has 8 nitrogen and oxygen atoms in total. The SMILES string of the molecule is CC(C)CC(=O)NCc1nnc(SCc2ccccc2)n1-c1ccc([N+](=O)[O-])cc1. The van der Waals surface area contributed by atoms with Crippen molar-refractivity contribution in [2.45, 2.75) is 37.7 Å². The largest absolute Gasteiger partial charge is 0.349 e. The number of carbonyl (C=O) groups is 1. The fourth-order valence-electron chi connectivity index (χ4n) is 2.83. The van der Waals surface area contributed by atoms with Gasteiger partial charge in [-0.2, -0.15) is 0 Å². The first-order chi connectivity index (χ1) is 14.4. The van der Waals surface area contributed by atoms with E-state index in [-0.39, 0.29) is 24.1 Å². The minimum atomic E-state index is -0.436. The Balaban J connectivity index is 1.85. The van der Waals surface area contributed by atoms with E-state index in [0.717, 1.165) is 5.56 Å². The zero-order valence-electron chi connectivity index (χ0n) is 16.8. The van der Waals surface area contributed by atoms with E-state index in [1.165, 1.54) is 23.9 Å². The molecule has 3 aromatic rings. The van der Waals surface area contributed by atoms with Gasteiger partial charge in [0.2, 0.25) is 5.91 Å². The van der Waals surface area contributed by atoms with Crippen molar-refractivity contribution < 1.29 is 9.72 Å². The Morgan fingerprint density at radius 3 is 2.47 bits per heavy atom. The van der Waals surface area contributed by atoms with Crippen molar-refractivity contribution in [3.63, 3.8) is 0 Å². The average Bonchev–Trinajstić information content (AvgIpc) is 3.14. The molecule has 1 heterocycles. The standard InChI is InChI=1S/C21H23N5O3S/c1-15(2)12-20(27)22-13-19-23-24-21(30-14-16-6-4-3-5-7-16)25(19)17-8-10-18(11-9-17)26(28)29/h3-11,15H,12-14H2,1-2H3,(H,22,27). The number of non-ortho nitro benzene ring substituents is 1. The lowest BCUT2D eigenvalue weighted by Crippen LogP contribution is -2.25. The molecule has 0 saturated carbocycles. The monoisotopic (exact) mass is 425 g/mol. The summed E-state index contributed by atoms with van der Waals surface area (Å²) in [6.45, 7) is 4.19. The maximum atomic E-state index is 12.1. The number of aromatic nitrogens is 3. The molecule has 0 fully saturated rings. The van der Waals surface area contributed by atoms with E-state index in [1.54, 1.807) is 12.1 Å². The van der Waals surface area contributed by atoms with E-state index in [1.807, 2.05) is 48.7 Å². The van der Waals surface area contributed by atoms with Gasteiger partial charge in [-0.05, 0) is 23.6 Å². The third-order valence-corrected chi connectivity index (χ3v) is 5.27. The van der Waals surface area contributed by atoms with Gasteiger partial charge in [0.25, 0.3) is 5.69 Å². The van der Waals surface area contributed by atoms with Gasteiger partial charge < -0.3 is 5.32 Å². The molecule has 2 aromatic carbocycles. The first kappa shape index (κ1) is 21.5. The summed E-state index contributed by atoms with van der Waals surface area (Å²) < 4.78 is 1.83. The van der Waals surface area contributed by atoms with Gasteiger partial charge in [0.05, 0.1) is 11.5 Å². The maximum absolute atomic E-state index is 12.1. The zero-order chi connectivity index (χ0) is 21.5. The molecular formula is C21H23N5O3S. The van der Waals surface area contributed by atoms with Crippen LogP contribution in [0.2, 0.25) is 0 Å². The Bertz CT molecular complexity index is 1000. The normalized spacial score (nSPS) is 10.9. The first-order valence-corrected chi connectivity index (χ1v) is 10.5. The van der Waals surface area contributed by atoms with Crippen LogP contribution in [0.1, 0.15) is 31.7 Å². The first-order valence-electron chi connectivity index (χ1n) is 9.56. The molecule has 30 heavy (non-hydrogen) atoms. The Hall–Kier alpha value is -3.20. The van der Waals surface area contributed by atoms with Crippen LogP contribution in [0.25, 0.3) is 5.69 Å². The van der Waals surface area contributed by atoms with Crippen molar-refractivity contribution in [3.05, 3.63) is 76.1 Å². The molecule has 1 N–H and O–H groups in total. The summed E-state index contributed by atoms with van der Waals surface area (Å²) in [6.07, 6.45) is 0.432. The highest BCUT2D eigenvalue weighted by Gasteiger charge is 2.17. The highest BCUT2D eigenvalue weighted by Crippen LogP contribution is 2.26. The van der Waals surface area contributed by atoms with Crippen molar-refractivity contribution in [1.29, 1.82) is 0 Å². The van der Waals surface area contributed by atoms with Gasteiger partial charge in [-0.3, -0.25) is 19.5 Å². The van der Waals surface area contributed by atoms with Crippen LogP contribution in [-0.4, -0.2) is 25.6 Å². The van der Waals surface area contributed by atoms with Gasteiger partial charge in [0.1, 0.15) is 0 Å². The van der Waals surface area contributed by atoms with E-state index in [4.69, 9.17) is 0 Å². The van der Waals surface area contributed by atoms with Crippen LogP contribution < -0.4 is 5.32 Å². The highest BCUT2D eigenvalue weighted by atomic mass is 32.2. The highest BCUT2D eigenvalue weighted by molar-refractivity contribution is 7.98. The number of carbonyl (C=O) groups excluding carboxylic acids is 1. The minimum Gasteiger partial charge on any atom is -0.349 e. The van der Waals surface area contributed by atoms with Crippen molar-refractivity contribution in [1.82, 2.24) is 20.1 Å². The van der Waals surface area contributed by atoms with E-state index >= 15 is 0 Å². The number of nitrogens with one attached hydrogen (secondary N) is 1. The number of amides is 1. The number of rotatable bonds is 9. The smallest absolute Gasteiger partial charge is 0.269 e. The second kappa shape index (κ2) is 10.0. The Kier molecular flexibility index (Phi) is 7.18. The average molecular weight is 426 g/mol. The van der Waals surface area contributed by atoms with E-state index in [2.05, 4.69) is 15.5 Å². The van der Waals surface area contributed by atoms with E-state index in [0.29, 0.717) is 28.8 Å².